The third-order valence-electron chi connectivity index (χ3n) is 9.95. The predicted molar refractivity (Wildman–Crippen MR) is 188 cm³/mol. The number of carbonyl (C=O) groups is 5. The molecule has 0 saturated heterocycles. The Morgan fingerprint density at radius 3 is 1.71 bits per heavy atom. The number of hydrogen-bond donors (Lipinski definition) is 4. The van der Waals surface area contributed by atoms with Gasteiger partial charge in [-0.2, -0.15) is 0 Å². The lowest BCUT2D eigenvalue weighted by Gasteiger charge is -2.38. The molecule has 1 aromatic carbocycles. The van der Waals surface area contributed by atoms with Crippen LogP contribution >= 0.6 is 0 Å². The van der Waals surface area contributed by atoms with Gasteiger partial charge < -0.3 is 30.7 Å². The highest BCUT2D eigenvalue weighted by molar-refractivity contribution is 5.89. The molecule has 49 heavy (non-hydrogen) atoms. The standard InChI is InChI=1S/C38H60N4O7/c1-8-27(29-19-13-15-21-31(29)41-34(44)25(4)40-37(47)49-38(5,6)7)35(45)39-24(3)33(43)42-32-22-16-14-20-30(32)28(9-2)36(46)48-23-26-17-11-10-12-18-26/h10-12,17-18,24-25,27-32H,8-9,13-16,19-23H2,1-7H3,(H,39,45)(H,40,47)(H,41,44)(H,42,43). The van der Waals surface area contributed by atoms with Crippen LogP contribution in [0.25, 0.3) is 0 Å². The first-order chi connectivity index (χ1) is 23.2. The van der Waals surface area contributed by atoms with Gasteiger partial charge in [-0.25, -0.2) is 4.79 Å². The van der Waals surface area contributed by atoms with Gasteiger partial charge in [0.2, 0.25) is 17.7 Å². The molecule has 0 aliphatic heterocycles. The number of benzene rings is 1. The average molecular weight is 685 g/mol. The van der Waals surface area contributed by atoms with Crippen LogP contribution in [0.3, 0.4) is 0 Å². The van der Waals surface area contributed by atoms with E-state index in [9.17, 15) is 24.0 Å². The summed E-state index contributed by atoms with van der Waals surface area (Å²) in [5.41, 5.74) is 0.248. The Hall–Kier alpha value is -3.63. The third-order valence-corrected chi connectivity index (χ3v) is 9.95. The van der Waals surface area contributed by atoms with Gasteiger partial charge in [-0.1, -0.05) is 69.9 Å². The van der Waals surface area contributed by atoms with E-state index in [-0.39, 0.29) is 60.1 Å². The second-order valence-corrected chi connectivity index (χ2v) is 14.8. The van der Waals surface area contributed by atoms with Gasteiger partial charge in [-0.15, -0.1) is 0 Å². The van der Waals surface area contributed by atoms with E-state index in [1.807, 2.05) is 44.2 Å². The Balaban J connectivity index is 1.58. The van der Waals surface area contributed by atoms with Gasteiger partial charge >= 0.3 is 12.1 Å². The molecule has 8 unspecified atom stereocenters. The summed E-state index contributed by atoms with van der Waals surface area (Å²) in [5, 5.41) is 11.8. The zero-order chi connectivity index (χ0) is 36.1. The van der Waals surface area contributed by atoms with Crippen LogP contribution in [0, 0.1) is 23.7 Å². The number of alkyl carbamates (subject to hydrolysis) is 1. The van der Waals surface area contributed by atoms with Crippen molar-refractivity contribution >= 4 is 29.8 Å². The van der Waals surface area contributed by atoms with Gasteiger partial charge in [-0.3, -0.25) is 19.2 Å². The van der Waals surface area contributed by atoms with E-state index in [0.29, 0.717) is 12.8 Å². The zero-order valence-corrected chi connectivity index (χ0v) is 30.6. The average Bonchev–Trinajstić information content (AvgIpc) is 3.05. The SMILES string of the molecule is CCC(C(=O)NC(C)C(=O)NC1CCCCC1C(CC)C(=O)OCc1ccccc1)C1CCCCC1NC(=O)C(C)NC(=O)OC(C)(C)C. The van der Waals surface area contributed by atoms with E-state index < -0.39 is 29.7 Å². The van der Waals surface area contributed by atoms with Crippen molar-refractivity contribution in [2.45, 2.75) is 149 Å². The third kappa shape index (κ3) is 12.3. The first-order valence-corrected chi connectivity index (χ1v) is 18.3. The van der Waals surface area contributed by atoms with Crippen LogP contribution in [0.15, 0.2) is 30.3 Å². The van der Waals surface area contributed by atoms with E-state index in [2.05, 4.69) is 21.3 Å². The van der Waals surface area contributed by atoms with E-state index in [1.54, 1.807) is 34.6 Å². The van der Waals surface area contributed by atoms with Crippen LogP contribution in [-0.4, -0.2) is 59.6 Å². The number of hydrogen-bond acceptors (Lipinski definition) is 7. The molecule has 1 aromatic rings. The Morgan fingerprint density at radius 1 is 0.714 bits per heavy atom. The summed E-state index contributed by atoms with van der Waals surface area (Å²) in [6.45, 7) is 12.7. The summed E-state index contributed by atoms with van der Waals surface area (Å²) in [4.78, 5) is 65.7. The van der Waals surface area contributed by atoms with Crippen LogP contribution < -0.4 is 21.3 Å². The maximum Gasteiger partial charge on any atom is 0.408 e. The van der Waals surface area contributed by atoms with E-state index in [1.165, 1.54) is 0 Å². The summed E-state index contributed by atoms with van der Waals surface area (Å²) in [6.07, 6.45) is 7.40. The lowest BCUT2D eigenvalue weighted by molar-refractivity contribution is -0.153. The molecular weight excluding hydrogens is 624 g/mol. The van der Waals surface area contributed by atoms with Gasteiger partial charge in [-0.05, 0) is 90.5 Å². The number of rotatable bonds is 14. The summed E-state index contributed by atoms with van der Waals surface area (Å²) >= 11 is 0. The monoisotopic (exact) mass is 684 g/mol. The number of nitrogens with one attached hydrogen (secondary N) is 4. The molecule has 11 heteroatoms. The van der Waals surface area contributed by atoms with E-state index in [4.69, 9.17) is 9.47 Å². The van der Waals surface area contributed by atoms with E-state index in [0.717, 1.165) is 56.9 Å². The highest BCUT2D eigenvalue weighted by atomic mass is 16.6. The molecule has 4 amide bonds. The van der Waals surface area contributed by atoms with Gasteiger partial charge in [0, 0.05) is 18.0 Å². The number of amides is 4. The lowest BCUT2D eigenvalue weighted by Crippen LogP contribution is -2.55. The number of carbonyl (C=O) groups excluding carboxylic acids is 5. The molecule has 2 saturated carbocycles. The Kier molecular flexibility index (Phi) is 15.4. The second kappa shape index (κ2) is 18.9. The van der Waals surface area contributed by atoms with Crippen molar-refractivity contribution < 1.29 is 33.4 Å². The van der Waals surface area contributed by atoms with Crippen LogP contribution in [0.5, 0.6) is 0 Å². The predicted octanol–water partition coefficient (Wildman–Crippen LogP) is 5.55. The van der Waals surface area contributed by atoms with Crippen molar-refractivity contribution in [3.8, 4) is 0 Å². The molecule has 0 aromatic heterocycles. The van der Waals surface area contributed by atoms with Gasteiger partial charge in [0.15, 0.2) is 0 Å². The smallest absolute Gasteiger partial charge is 0.408 e. The first-order valence-electron chi connectivity index (χ1n) is 18.3. The minimum Gasteiger partial charge on any atom is -0.461 e. The molecule has 8 atom stereocenters. The molecule has 274 valence electrons. The lowest BCUT2D eigenvalue weighted by atomic mass is 9.74. The second-order valence-electron chi connectivity index (χ2n) is 14.8. The largest absolute Gasteiger partial charge is 0.461 e. The van der Waals surface area contributed by atoms with Crippen LogP contribution in [0.1, 0.15) is 118 Å². The maximum atomic E-state index is 13.7. The van der Waals surface area contributed by atoms with Crippen molar-refractivity contribution in [1.82, 2.24) is 21.3 Å². The molecule has 0 spiro atoms. The number of ether oxygens (including phenoxy) is 2. The minimum atomic E-state index is -0.809. The maximum absolute atomic E-state index is 13.7. The fraction of sp³-hybridized carbons (Fsp3) is 0.711. The molecule has 11 nitrogen and oxygen atoms in total. The molecule has 0 bridgehead atoms. The Labute approximate surface area is 292 Å². The molecule has 0 heterocycles. The van der Waals surface area contributed by atoms with Crippen molar-refractivity contribution in [1.29, 1.82) is 0 Å². The van der Waals surface area contributed by atoms with E-state index >= 15 is 0 Å². The van der Waals surface area contributed by atoms with Gasteiger partial charge in [0.1, 0.15) is 24.3 Å². The van der Waals surface area contributed by atoms with Crippen molar-refractivity contribution in [2.75, 3.05) is 0 Å². The normalized spacial score (nSPS) is 23.5. The van der Waals surface area contributed by atoms with Crippen molar-refractivity contribution in [3.63, 3.8) is 0 Å². The van der Waals surface area contributed by atoms with Crippen molar-refractivity contribution in [3.05, 3.63) is 35.9 Å². The Morgan fingerprint density at radius 2 is 1.20 bits per heavy atom. The fourth-order valence-electron chi connectivity index (χ4n) is 7.35. The van der Waals surface area contributed by atoms with Crippen molar-refractivity contribution in [2.24, 2.45) is 23.7 Å². The number of esters is 1. The van der Waals surface area contributed by atoms with Gasteiger partial charge in [0.25, 0.3) is 0 Å². The molecule has 0 radical (unpaired) electrons. The summed E-state index contributed by atoms with van der Waals surface area (Å²) < 4.78 is 11.0. The van der Waals surface area contributed by atoms with Crippen LogP contribution in [0.4, 0.5) is 4.79 Å². The van der Waals surface area contributed by atoms with Crippen LogP contribution in [-0.2, 0) is 35.3 Å². The summed E-state index contributed by atoms with van der Waals surface area (Å²) in [7, 11) is 0. The van der Waals surface area contributed by atoms with Crippen LogP contribution in [0.2, 0.25) is 0 Å². The molecule has 2 fully saturated rings. The molecule has 3 rings (SSSR count). The highest BCUT2D eigenvalue weighted by Gasteiger charge is 2.39. The molecular formula is C38H60N4O7. The minimum absolute atomic E-state index is 0.0453. The quantitative estimate of drug-likeness (QED) is 0.188. The highest BCUT2D eigenvalue weighted by Crippen LogP contribution is 2.34. The molecule has 2 aliphatic rings. The fourth-order valence-corrected chi connectivity index (χ4v) is 7.35. The first kappa shape index (κ1) is 39.8. The zero-order valence-electron chi connectivity index (χ0n) is 30.6. The molecule has 2 aliphatic carbocycles. The Bertz CT molecular complexity index is 1250. The summed E-state index contributed by atoms with van der Waals surface area (Å²) in [5.74, 6) is -1.95. The van der Waals surface area contributed by atoms with Gasteiger partial charge in [0.05, 0.1) is 5.92 Å². The topological polar surface area (TPSA) is 152 Å². The molecule has 4 N–H and O–H groups in total. The summed E-state index contributed by atoms with van der Waals surface area (Å²) in [6, 6.07) is 7.59.